The Hall–Kier alpha value is -2.38. The number of hydrogen-bond acceptors (Lipinski definition) is 5. The van der Waals surface area contributed by atoms with Gasteiger partial charge < -0.3 is 9.64 Å². The number of piperazine rings is 1. The third-order valence-electron chi connectivity index (χ3n) is 4.34. The molecule has 0 atom stereocenters. The van der Waals surface area contributed by atoms with E-state index in [-0.39, 0.29) is 11.5 Å². The molecule has 0 saturated carbocycles. The van der Waals surface area contributed by atoms with Crippen molar-refractivity contribution >= 4 is 17.5 Å². The summed E-state index contributed by atoms with van der Waals surface area (Å²) in [6, 6.07) is 10.2. The second kappa shape index (κ2) is 8.33. The summed E-state index contributed by atoms with van der Waals surface area (Å²) in [6.07, 6.45) is 0. The number of para-hydroxylation sites is 1. The normalized spacial score (nSPS) is 15.1. The minimum Gasteiger partial charge on any atom is -0.491 e. The Morgan fingerprint density at radius 2 is 1.88 bits per heavy atom. The van der Waals surface area contributed by atoms with Crippen LogP contribution in [0.4, 0.5) is 0 Å². The number of nitrogens with zero attached hydrogens (tertiary/aromatic N) is 4. The van der Waals surface area contributed by atoms with Gasteiger partial charge in [0.15, 0.2) is 0 Å². The zero-order valence-corrected chi connectivity index (χ0v) is 15.4. The van der Waals surface area contributed by atoms with Gasteiger partial charge in [-0.3, -0.25) is 14.5 Å². The van der Waals surface area contributed by atoms with E-state index in [1.165, 1.54) is 23.9 Å². The molecule has 8 heteroatoms. The molecular formula is C18H21ClN4O3. The van der Waals surface area contributed by atoms with Crippen LogP contribution in [0.1, 0.15) is 10.5 Å². The lowest BCUT2D eigenvalue weighted by molar-refractivity contribution is 0.0612. The van der Waals surface area contributed by atoms with Gasteiger partial charge in [0.1, 0.15) is 18.1 Å². The van der Waals surface area contributed by atoms with Gasteiger partial charge in [0.25, 0.3) is 11.5 Å². The summed E-state index contributed by atoms with van der Waals surface area (Å²) in [5.41, 5.74) is 0.0625. The Balaban J connectivity index is 1.46. The second-order valence-electron chi connectivity index (χ2n) is 6.09. The van der Waals surface area contributed by atoms with E-state index < -0.39 is 0 Å². The Morgan fingerprint density at radius 1 is 1.15 bits per heavy atom. The van der Waals surface area contributed by atoms with Crippen molar-refractivity contribution in [3.8, 4) is 5.75 Å². The first-order valence-electron chi connectivity index (χ1n) is 8.48. The molecule has 1 aromatic carbocycles. The van der Waals surface area contributed by atoms with Crippen LogP contribution in [0.25, 0.3) is 0 Å². The lowest BCUT2D eigenvalue weighted by Crippen LogP contribution is -2.49. The van der Waals surface area contributed by atoms with E-state index in [4.69, 9.17) is 16.3 Å². The number of aryl methyl sites for hydroxylation is 1. The fourth-order valence-corrected chi connectivity index (χ4v) is 2.99. The molecule has 1 amide bonds. The number of benzene rings is 1. The summed E-state index contributed by atoms with van der Waals surface area (Å²) in [4.78, 5) is 27.9. The maximum Gasteiger partial charge on any atom is 0.274 e. The highest BCUT2D eigenvalue weighted by Gasteiger charge is 2.23. The van der Waals surface area contributed by atoms with Gasteiger partial charge in [-0.15, -0.1) is 0 Å². The molecule has 1 fully saturated rings. The number of hydrogen-bond donors (Lipinski definition) is 0. The molecule has 1 aliphatic rings. The van der Waals surface area contributed by atoms with Crippen LogP contribution < -0.4 is 10.3 Å². The van der Waals surface area contributed by atoms with E-state index in [1.807, 2.05) is 18.2 Å². The standard InChI is InChI=1S/C18H21ClN4O3/c1-21-17(24)7-6-15(20-21)18(25)23-10-8-22(9-11-23)12-13-26-16-5-3-2-4-14(16)19/h2-7H,8-13H2,1H3. The van der Waals surface area contributed by atoms with Crippen LogP contribution in [0.5, 0.6) is 5.75 Å². The number of carbonyl (C=O) groups excluding carboxylic acids is 1. The molecule has 7 nitrogen and oxygen atoms in total. The SMILES string of the molecule is Cn1nc(C(=O)N2CCN(CCOc3ccccc3Cl)CC2)ccc1=O. The van der Waals surface area contributed by atoms with Gasteiger partial charge in [-0.2, -0.15) is 5.10 Å². The van der Waals surface area contributed by atoms with Crippen molar-refractivity contribution < 1.29 is 9.53 Å². The van der Waals surface area contributed by atoms with Crippen LogP contribution in [0, 0.1) is 0 Å². The van der Waals surface area contributed by atoms with Gasteiger partial charge in [-0.25, -0.2) is 4.68 Å². The van der Waals surface area contributed by atoms with Crippen LogP contribution in [0.2, 0.25) is 5.02 Å². The van der Waals surface area contributed by atoms with E-state index in [9.17, 15) is 9.59 Å². The summed E-state index contributed by atoms with van der Waals surface area (Å²) >= 11 is 6.07. The van der Waals surface area contributed by atoms with Crippen molar-refractivity contribution in [3.05, 3.63) is 57.5 Å². The van der Waals surface area contributed by atoms with Crippen molar-refractivity contribution in [2.24, 2.45) is 7.05 Å². The van der Waals surface area contributed by atoms with Crippen molar-refractivity contribution in [2.75, 3.05) is 39.3 Å². The molecule has 0 unspecified atom stereocenters. The molecular weight excluding hydrogens is 356 g/mol. The monoisotopic (exact) mass is 376 g/mol. The molecule has 1 saturated heterocycles. The summed E-state index contributed by atoms with van der Waals surface area (Å²) in [5.74, 6) is 0.538. The Bertz CT molecular complexity index is 831. The Kier molecular flexibility index (Phi) is 5.90. The first-order valence-corrected chi connectivity index (χ1v) is 8.86. The fraction of sp³-hybridized carbons (Fsp3) is 0.389. The molecule has 0 bridgehead atoms. The fourth-order valence-electron chi connectivity index (χ4n) is 2.80. The summed E-state index contributed by atoms with van der Waals surface area (Å²) in [7, 11) is 1.54. The van der Waals surface area contributed by atoms with E-state index in [1.54, 1.807) is 11.0 Å². The summed E-state index contributed by atoms with van der Waals surface area (Å²) in [5, 5.41) is 4.63. The smallest absolute Gasteiger partial charge is 0.274 e. The first kappa shape index (κ1) is 18.4. The number of ether oxygens (including phenoxy) is 1. The molecule has 2 heterocycles. The number of amides is 1. The van der Waals surface area contributed by atoms with Crippen LogP contribution in [0.15, 0.2) is 41.2 Å². The number of rotatable bonds is 5. The van der Waals surface area contributed by atoms with Crippen molar-refractivity contribution in [3.63, 3.8) is 0 Å². The van der Waals surface area contributed by atoms with Gasteiger partial charge in [-0.05, 0) is 18.2 Å². The summed E-state index contributed by atoms with van der Waals surface area (Å²) < 4.78 is 6.89. The predicted molar refractivity (Wildman–Crippen MR) is 98.8 cm³/mol. The quantitative estimate of drug-likeness (QED) is 0.786. The minimum absolute atomic E-state index is 0.146. The van der Waals surface area contributed by atoms with Crippen LogP contribution in [0.3, 0.4) is 0 Å². The Morgan fingerprint density at radius 3 is 2.58 bits per heavy atom. The van der Waals surface area contributed by atoms with E-state index in [0.29, 0.717) is 36.2 Å². The molecule has 0 spiro atoms. The lowest BCUT2D eigenvalue weighted by atomic mass is 10.2. The molecule has 2 aromatic rings. The maximum absolute atomic E-state index is 12.5. The molecule has 0 N–H and O–H groups in total. The Labute approximate surface area is 156 Å². The molecule has 0 radical (unpaired) electrons. The molecule has 1 aromatic heterocycles. The molecule has 138 valence electrons. The third kappa shape index (κ3) is 4.42. The number of aromatic nitrogens is 2. The van der Waals surface area contributed by atoms with Crippen molar-refractivity contribution in [1.29, 1.82) is 0 Å². The highest BCUT2D eigenvalue weighted by Crippen LogP contribution is 2.22. The zero-order chi connectivity index (χ0) is 18.5. The number of carbonyl (C=O) groups is 1. The predicted octanol–water partition coefficient (Wildman–Crippen LogP) is 1.27. The van der Waals surface area contributed by atoms with E-state index >= 15 is 0 Å². The van der Waals surface area contributed by atoms with Crippen LogP contribution in [-0.2, 0) is 7.05 Å². The highest BCUT2D eigenvalue weighted by molar-refractivity contribution is 6.32. The maximum atomic E-state index is 12.5. The van der Waals surface area contributed by atoms with Crippen LogP contribution in [-0.4, -0.2) is 64.8 Å². The second-order valence-corrected chi connectivity index (χ2v) is 6.50. The third-order valence-corrected chi connectivity index (χ3v) is 4.65. The molecule has 1 aliphatic heterocycles. The lowest BCUT2D eigenvalue weighted by Gasteiger charge is -2.34. The average molecular weight is 377 g/mol. The largest absolute Gasteiger partial charge is 0.491 e. The molecule has 3 rings (SSSR count). The average Bonchev–Trinajstić information content (AvgIpc) is 2.65. The van der Waals surface area contributed by atoms with Crippen LogP contribution >= 0.6 is 11.6 Å². The number of halogens is 1. The van der Waals surface area contributed by atoms with Crippen molar-refractivity contribution in [1.82, 2.24) is 19.6 Å². The van der Waals surface area contributed by atoms with Crippen molar-refractivity contribution in [2.45, 2.75) is 0 Å². The topological polar surface area (TPSA) is 67.7 Å². The first-order chi connectivity index (χ1) is 12.5. The van der Waals surface area contributed by atoms with Gasteiger partial charge in [0.2, 0.25) is 0 Å². The zero-order valence-electron chi connectivity index (χ0n) is 14.6. The van der Waals surface area contributed by atoms with Gasteiger partial charge in [0, 0.05) is 45.8 Å². The molecule has 0 aliphatic carbocycles. The van der Waals surface area contributed by atoms with Gasteiger partial charge in [-0.1, -0.05) is 23.7 Å². The summed E-state index contributed by atoms with van der Waals surface area (Å²) in [6.45, 7) is 4.09. The van der Waals surface area contributed by atoms with Gasteiger partial charge in [0.05, 0.1) is 5.02 Å². The molecule has 26 heavy (non-hydrogen) atoms. The van der Waals surface area contributed by atoms with Gasteiger partial charge >= 0.3 is 0 Å². The van der Waals surface area contributed by atoms with E-state index in [0.717, 1.165) is 19.6 Å². The highest BCUT2D eigenvalue weighted by atomic mass is 35.5. The van der Waals surface area contributed by atoms with E-state index in [2.05, 4.69) is 10.00 Å². The minimum atomic E-state index is -0.232.